The highest BCUT2D eigenvalue weighted by Gasteiger charge is 2.18. The van der Waals surface area contributed by atoms with E-state index in [9.17, 15) is 9.18 Å². The Hall–Kier alpha value is -3.33. The minimum atomic E-state index is -0.521. The molecule has 0 saturated carbocycles. The zero-order valence-corrected chi connectivity index (χ0v) is 17.0. The fraction of sp³-hybridized carbons (Fsp3) is 0.333. The van der Waals surface area contributed by atoms with E-state index in [-0.39, 0.29) is 11.7 Å². The van der Waals surface area contributed by atoms with E-state index in [1.54, 1.807) is 25.3 Å². The average molecular weight is 409 g/mol. The Morgan fingerprint density at radius 2 is 2.13 bits per heavy atom. The molecule has 1 aromatic carbocycles. The summed E-state index contributed by atoms with van der Waals surface area (Å²) >= 11 is 0. The van der Waals surface area contributed by atoms with Gasteiger partial charge >= 0.3 is 0 Å². The number of aliphatic imine (C=N–C) groups is 1. The first-order chi connectivity index (χ1) is 14.5. The first-order valence-electron chi connectivity index (χ1n) is 9.86. The maximum absolute atomic E-state index is 14.4. The molecule has 1 saturated heterocycles. The lowest BCUT2D eigenvalue weighted by molar-refractivity contribution is 0.257. The Kier molecular flexibility index (Phi) is 5.45. The maximum Gasteiger partial charge on any atom is 0.273 e. The summed E-state index contributed by atoms with van der Waals surface area (Å²) in [6.07, 6.45) is 5.09. The summed E-state index contributed by atoms with van der Waals surface area (Å²) in [5.41, 5.74) is 8.04. The fourth-order valence-corrected chi connectivity index (χ4v) is 3.65. The van der Waals surface area contributed by atoms with Gasteiger partial charge in [0.15, 0.2) is 0 Å². The number of allylic oxidation sites excluding steroid dienone is 1. The van der Waals surface area contributed by atoms with E-state index in [0.717, 1.165) is 30.6 Å². The second-order valence-corrected chi connectivity index (χ2v) is 7.57. The van der Waals surface area contributed by atoms with E-state index in [1.165, 1.54) is 18.3 Å². The van der Waals surface area contributed by atoms with Crippen molar-refractivity contribution in [3.05, 3.63) is 57.9 Å². The van der Waals surface area contributed by atoms with Crippen LogP contribution in [0.5, 0.6) is 0 Å². The summed E-state index contributed by atoms with van der Waals surface area (Å²) in [6.45, 7) is 3.74. The number of aryl methyl sites for hydroxylation is 1. The van der Waals surface area contributed by atoms with Crippen molar-refractivity contribution < 1.29 is 4.39 Å². The summed E-state index contributed by atoms with van der Waals surface area (Å²) in [5, 5.41) is 11.5. The van der Waals surface area contributed by atoms with Crippen LogP contribution >= 0.6 is 0 Å². The number of H-pyrrole nitrogens is 1. The second kappa shape index (κ2) is 8.19. The summed E-state index contributed by atoms with van der Waals surface area (Å²) in [4.78, 5) is 19.5. The highest BCUT2D eigenvalue weighted by Crippen LogP contribution is 2.21. The van der Waals surface area contributed by atoms with Crippen LogP contribution in [0, 0.1) is 12.7 Å². The zero-order chi connectivity index (χ0) is 21.3. The van der Waals surface area contributed by atoms with Crippen molar-refractivity contribution in [2.75, 3.05) is 20.1 Å². The Balaban J connectivity index is 1.74. The highest BCUT2D eigenvalue weighted by atomic mass is 19.1. The van der Waals surface area contributed by atoms with Gasteiger partial charge in [-0.3, -0.25) is 14.9 Å². The molecule has 30 heavy (non-hydrogen) atoms. The third-order valence-electron chi connectivity index (χ3n) is 5.41. The fourth-order valence-electron chi connectivity index (χ4n) is 3.65. The summed E-state index contributed by atoms with van der Waals surface area (Å²) in [5.74, 6) is -0.521. The van der Waals surface area contributed by atoms with Crippen molar-refractivity contribution in [3.8, 4) is 5.69 Å². The van der Waals surface area contributed by atoms with Gasteiger partial charge in [-0.2, -0.15) is 14.9 Å². The summed E-state index contributed by atoms with van der Waals surface area (Å²) in [6, 6.07) is 6.21. The standard InChI is InChI=1S/C21H24FN7O/c1-13-4-3-5-16(22)21(13)29-18(30)10-17-20(27-29)19(26-25-17)14(11-23)12-24-15-6-8-28(2)9-7-15/h3-5,10-12,15,25H,6-9,23H2,1-2H3. The van der Waals surface area contributed by atoms with Gasteiger partial charge in [0.05, 0.1) is 11.6 Å². The number of aromatic nitrogens is 4. The molecule has 0 aliphatic carbocycles. The van der Waals surface area contributed by atoms with Crippen LogP contribution in [0.3, 0.4) is 0 Å². The average Bonchev–Trinajstić information content (AvgIpc) is 3.12. The number of para-hydroxylation sites is 1. The van der Waals surface area contributed by atoms with E-state index >= 15 is 0 Å². The van der Waals surface area contributed by atoms with Gasteiger partial charge in [0.2, 0.25) is 0 Å². The molecule has 0 spiro atoms. The number of nitrogens with zero attached hydrogens (tertiary/aromatic N) is 5. The Bertz CT molecular complexity index is 1170. The lowest BCUT2D eigenvalue weighted by atomic mass is 10.1. The Morgan fingerprint density at radius 1 is 1.37 bits per heavy atom. The molecule has 1 fully saturated rings. The van der Waals surface area contributed by atoms with E-state index in [4.69, 9.17) is 5.73 Å². The van der Waals surface area contributed by atoms with Crippen molar-refractivity contribution >= 4 is 22.8 Å². The van der Waals surface area contributed by atoms with Crippen LogP contribution in [0.25, 0.3) is 22.3 Å². The predicted molar refractivity (Wildman–Crippen MR) is 115 cm³/mol. The molecule has 3 heterocycles. The number of aromatic amines is 1. The molecule has 2 aromatic heterocycles. The third kappa shape index (κ3) is 3.76. The largest absolute Gasteiger partial charge is 0.404 e. The Labute approximate surface area is 172 Å². The molecule has 0 amide bonds. The molecule has 156 valence electrons. The SMILES string of the molecule is Cc1cccc(F)c1-n1nc2c(C(C=NC3CCN(C)CC3)=CN)n[nH]c2cc1=O. The van der Waals surface area contributed by atoms with Gasteiger partial charge in [0.1, 0.15) is 22.7 Å². The van der Waals surface area contributed by atoms with Gasteiger partial charge in [-0.25, -0.2) is 4.39 Å². The molecule has 0 bridgehead atoms. The normalized spacial score (nSPS) is 16.7. The van der Waals surface area contributed by atoms with Gasteiger partial charge < -0.3 is 10.6 Å². The number of nitrogens with two attached hydrogens (primary N) is 1. The van der Waals surface area contributed by atoms with Crippen LogP contribution in [0.15, 0.2) is 40.3 Å². The Morgan fingerprint density at radius 3 is 2.83 bits per heavy atom. The molecular formula is C21H24FN7O. The number of benzene rings is 1. The first-order valence-corrected chi connectivity index (χ1v) is 9.86. The van der Waals surface area contributed by atoms with E-state index in [2.05, 4.69) is 32.2 Å². The van der Waals surface area contributed by atoms with Gasteiger partial charge in [-0.05, 0) is 51.5 Å². The molecule has 8 nitrogen and oxygen atoms in total. The van der Waals surface area contributed by atoms with E-state index in [0.29, 0.717) is 27.9 Å². The van der Waals surface area contributed by atoms with Crippen molar-refractivity contribution in [2.45, 2.75) is 25.8 Å². The lowest BCUT2D eigenvalue weighted by Crippen LogP contribution is -2.32. The van der Waals surface area contributed by atoms with Crippen LogP contribution in [0.4, 0.5) is 4.39 Å². The minimum Gasteiger partial charge on any atom is -0.404 e. The van der Waals surface area contributed by atoms with Gasteiger partial charge in [0, 0.05) is 24.1 Å². The van der Waals surface area contributed by atoms with Crippen molar-refractivity contribution in [1.29, 1.82) is 0 Å². The number of fused-ring (bicyclic) bond motifs is 1. The third-order valence-corrected chi connectivity index (χ3v) is 5.41. The van der Waals surface area contributed by atoms with E-state index in [1.807, 2.05) is 0 Å². The van der Waals surface area contributed by atoms with Crippen LogP contribution in [0.1, 0.15) is 24.1 Å². The monoisotopic (exact) mass is 409 g/mol. The number of halogens is 1. The van der Waals surface area contributed by atoms with Gasteiger partial charge in [-0.1, -0.05) is 12.1 Å². The molecule has 3 N–H and O–H groups in total. The molecular weight excluding hydrogens is 385 g/mol. The molecule has 4 rings (SSSR count). The van der Waals surface area contributed by atoms with Gasteiger partial charge in [0.25, 0.3) is 5.56 Å². The quantitative estimate of drug-likeness (QED) is 0.642. The second-order valence-electron chi connectivity index (χ2n) is 7.57. The number of hydrogen-bond acceptors (Lipinski definition) is 6. The summed E-state index contributed by atoms with van der Waals surface area (Å²) < 4.78 is 15.5. The molecule has 1 aliphatic rings. The molecule has 0 atom stereocenters. The van der Waals surface area contributed by atoms with Crippen LogP contribution in [-0.4, -0.2) is 57.3 Å². The number of likely N-dealkylation sites (tertiary alicyclic amines) is 1. The predicted octanol–water partition coefficient (Wildman–Crippen LogP) is 2.02. The highest BCUT2D eigenvalue weighted by molar-refractivity contribution is 6.12. The molecule has 0 unspecified atom stereocenters. The van der Waals surface area contributed by atoms with Crippen molar-refractivity contribution in [2.24, 2.45) is 10.7 Å². The lowest BCUT2D eigenvalue weighted by Gasteiger charge is -2.26. The van der Waals surface area contributed by atoms with E-state index < -0.39 is 11.4 Å². The topological polar surface area (TPSA) is 105 Å². The first kappa shape index (κ1) is 20.0. The number of nitrogens with one attached hydrogen (secondary N) is 1. The molecule has 0 radical (unpaired) electrons. The van der Waals surface area contributed by atoms with Crippen LogP contribution < -0.4 is 11.3 Å². The van der Waals surface area contributed by atoms with Gasteiger partial charge in [-0.15, -0.1) is 0 Å². The summed E-state index contributed by atoms with van der Waals surface area (Å²) in [7, 11) is 2.10. The number of rotatable bonds is 4. The minimum absolute atomic E-state index is 0.120. The molecule has 9 heteroatoms. The van der Waals surface area contributed by atoms with Crippen LogP contribution in [0.2, 0.25) is 0 Å². The maximum atomic E-state index is 14.4. The number of piperidine rings is 1. The van der Waals surface area contributed by atoms with Crippen molar-refractivity contribution in [1.82, 2.24) is 24.9 Å². The van der Waals surface area contributed by atoms with Crippen LogP contribution in [-0.2, 0) is 0 Å². The van der Waals surface area contributed by atoms with Crippen molar-refractivity contribution in [3.63, 3.8) is 0 Å². The molecule has 3 aromatic rings. The smallest absolute Gasteiger partial charge is 0.273 e. The number of hydrogen-bond donors (Lipinski definition) is 2. The zero-order valence-electron chi connectivity index (χ0n) is 17.0. The molecule has 1 aliphatic heterocycles.